The van der Waals surface area contributed by atoms with E-state index in [0.717, 1.165) is 10.5 Å². The lowest BCUT2D eigenvalue weighted by Gasteiger charge is -2.12. The number of unbranched alkanes of at least 4 members (excludes halogenated alkanes) is 9. The topological polar surface area (TPSA) is 26.3 Å². The minimum Gasteiger partial charge on any atom is -0.460 e. The fourth-order valence-electron chi connectivity index (χ4n) is 4.35. The Balaban J connectivity index is 1.32. The highest BCUT2D eigenvalue weighted by molar-refractivity contribution is 8.00. The van der Waals surface area contributed by atoms with Gasteiger partial charge in [0, 0.05) is 9.79 Å². The van der Waals surface area contributed by atoms with Gasteiger partial charge in [0.15, 0.2) is 0 Å². The van der Waals surface area contributed by atoms with Gasteiger partial charge in [-0.2, -0.15) is 0 Å². The molecule has 0 spiro atoms. The predicted molar refractivity (Wildman–Crippen MR) is 166 cm³/mol. The molecule has 0 aliphatic rings. The number of carbonyl (C=O) groups is 1. The molecular weight excluding hydrogens is 505 g/mol. The Labute approximate surface area is 239 Å². The third kappa shape index (κ3) is 11.7. The highest BCUT2D eigenvalue weighted by Crippen LogP contribution is 2.29. The molecule has 1 atom stereocenters. The fourth-order valence-corrected chi connectivity index (χ4v) is 6.13. The first-order valence-electron chi connectivity index (χ1n) is 14.4. The van der Waals surface area contributed by atoms with Crippen molar-refractivity contribution in [3.05, 3.63) is 84.4 Å². The van der Waals surface area contributed by atoms with E-state index in [1.165, 1.54) is 97.7 Å². The summed E-state index contributed by atoms with van der Waals surface area (Å²) in [5.41, 5.74) is 3.42. The second-order valence-corrected chi connectivity index (χ2v) is 12.5. The Morgan fingerprint density at radius 3 is 1.79 bits per heavy atom. The first-order valence-corrected chi connectivity index (χ1v) is 16.2. The van der Waals surface area contributed by atoms with Gasteiger partial charge in [0.1, 0.15) is 11.9 Å². The molecule has 0 bridgehead atoms. The number of esters is 1. The summed E-state index contributed by atoms with van der Waals surface area (Å²) < 4.78 is 5.48. The fraction of sp³-hybridized carbons (Fsp3) is 0.441. The molecule has 0 saturated carbocycles. The zero-order valence-electron chi connectivity index (χ0n) is 23.2. The van der Waals surface area contributed by atoms with E-state index in [0.29, 0.717) is 6.61 Å². The lowest BCUT2D eigenvalue weighted by atomic mass is 10.1. The summed E-state index contributed by atoms with van der Waals surface area (Å²) in [5.74, 6) is 1.02. The second kappa shape index (κ2) is 18.2. The van der Waals surface area contributed by atoms with E-state index in [1.54, 1.807) is 0 Å². The summed E-state index contributed by atoms with van der Waals surface area (Å²) in [4.78, 5) is 14.8. The quantitative estimate of drug-likeness (QED) is 0.0897. The number of ether oxygens (including phenoxy) is 1. The maximum absolute atomic E-state index is 12.4. The molecule has 0 aliphatic carbocycles. The van der Waals surface area contributed by atoms with Gasteiger partial charge in [0.05, 0.1) is 0 Å². The van der Waals surface area contributed by atoms with Crippen LogP contribution in [-0.4, -0.2) is 17.0 Å². The lowest BCUT2D eigenvalue weighted by molar-refractivity contribution is -0.143. The van der Waals surface area contributed by atoms with Crippen molar-refractivity contribution >= 4 is 29.5 Å². The van der Waals surface area contributed by atoms with E-state index >= 15 is 0 Å². The van der Waals surface area contributed by atoms with Gasteiger partial charge < -0.3 is 4.74 Å². The van der Waals surface area contributed by atoms with Crippen molar-refractivity contribution in [2.75, 3.05) is 5.75 Å². The first-order chi connectivity index (χ1) is 18.7. The van der Waals surface area contributed by atoms with Crippen molar-refractivity contribution in [2.24, 2.45) is 0 Å². The van der Waals surface area contributed by atoms with Crippen LogP contribution in [0.3, 0.4) is 0 Å². The molecule has 0 aromatic heterocycles. The van der Waals surface area contributed by atoms with Gasteiger partial charge in [0.2, 0.25) is 0 Å². The Bertz CT molecular complexity index is 1030. The monoisotopic (exact) mass is 548 g/mol. The van der Waals surface area contributed by atoms with Crippen molar-refractivity contribution in [1.29, 1.82) is 0 Å². The van der Waals surface area contributed by atoms with Crippen LogP contribution in [0, 0.1) is 0 Å². The van der Waals surface area contributed by atoms with Crippen LogP contribution in [0.1, 0.15) is 83.6 Å². The van der Waals surface area contributed by atoms with Crippen molar-refractivity contribution in [2.45, 2.75) is 99.7 Å². The molecule has 3 rings (SSSR count). The molecule has 0 unspecified atom stereocenters. The van der Waals surface area contributed by atoms with Gasteiger partial charge in [0.25, 0.3) is 0 Å². The molecule has 2 nitrogen and oxygen atoms in total. The Morgan fingerprint density at radius 2 is 1.21 bits per heavy atom. The van der Waals surface area contributed by atoms with Crippen LogP contribution in [0.25, 0.3) is 11.1 Å². The highest BCUT2D eigenvalue weighted by Gasteiger charge is 2.16. The zero-order valence-corrected chi connectivity index (χ0v) is 24.8. The molecular formula is C34H44O2S2. The second-order valence-electron chi connectivity index (χ2n) is 9.93. The van der Waals surface area contributed by atoms with Gasteiger partial charge in [-0.15, -0.1) is 23.5 Å². The molecule has 0 aliphatic heterocycles. The van der Waals surface area contributed by atoms with Crippen LogP contribution < -0.4 is 0 Å². The molecule has 0 heterocycles. The van der Waals surface area contributed by atoms with E-state index in [9.17, 15) is 4.79 Å². The van der Waals surface area contributed by atoms with Crippen LogP contribution in [-0.2, 0) is 16.1 Å². The molecule has 0 amide bonds. The smallest absolute Gasteiger partial charge is 0.319 e. The van der Waals surface area contributed by atoms with E-state index < -0.39 is 0 Å². The molecule has 0 radical (unpaired) electrons. The predicted octanol–water partition coefficient (Wildman–Crippen LogP) is 10.6. The summed E-state index contributed by atoms with van der Waals surface area (Å²) in [6.07, 6.45) is 13.9. The van der Waals surface area contributed by atoms with Crippen molar-refractivity contribution in [3.8, 4) is 11.1 Å². The molecule has 38 heavy (non-hydrogen) atoms. The standard InChI is InChI=1S/C34H44O2S2/c1-3-4-5-6-7-8-9-10-11-15-26-37-32-22-18-30(19-23-32)31-20-24-33(25-21-31)38-28(2)34(35)36-27-29-16-13-12-14-17-29/h12-14,16-25,28H,3-11,15,26-27H2,1-2H3/t28-/m1/s1. The van der Waals surface area contributed by atoms with E-state index in [1.807, 2.05) is 49.0 Å². The Morgan fingerprint density at radius 1 is 0.684 bits per heavy atom. The first kappa shape index (κ1) is 30.4. The highest BCUT2D eigenvalue weighted by atomic mass is 32.2. The molecule has 3 aromatic rings. The third-order valence-corrected chi connectivity index (χ3v) is 8.87. The Hall–Kier alpha value is -2.17. The van der Waals surface area contributed by atoms with Crippen LogP contribution in [0.2, 0.25) is 0 Å². The van der Waals surface area contributed by atoms with Crippen molar-refractivity contribution in [3.63, 3.8) is 0 Å². The average Bonchev–Trinajstić information content (AvgIpc) is 2.96. The molecule has 204 valence electrons. The number of hydrogen-bond donors (Lipinski definition) is 0. The largest absolute Gasteiger partial charge is 0.460 e. The average molecular weight is 549 g/mol. The van der Waals surface area contributed by atoms with Gasteiger partial charge >= 0.3 is 5.97 Å². The molecule has 4 heteroatoms. The van der Waals surface area contributed by atoms with Crippen LogP contribution in [0.4, 0.5) is 0 Å². The zero-order chi connectivity index (χ0) is 26.8. The SMILES string of the molecule is CCCCCCCCCCCCSc1ccc(-c2ccc(S[C@H](C)C(=O)OCc3ccccc3)cc2)cc1. The summed E-state index contributed by atoms with van der Waals surface area (Å²) in [7, 11) is 0. The van der Waals surface area contributed by atoms with E-state index in [2.05, 4.69) is 55.5 Å². The minimum absolute atomic E-state index is 0.186. The van der Waals surface area contributed by atoms with Gasteiger partial charge in [-0.1, -0.05) is 119 Å². The van der Waals surface area contributed by atoms with Crippen molar-refractivity contribution in [1.82, 2.24) is 0 Å². The number of carbonyl (C=O) groups excluding carboxylic acids is 1. The van der Waals surface area contributed by atoms with Crippen LogP contribution in [0.15, 0.2) is 88.7 Å². The van der Waals surface area contributed by atoms with Crippen molar-refractivity contribution < 1.29 is 9.53 Å². The summed E-state index contributed by atoms with van der Waals surface area (Å²) >= 11 is 3.51. The molecule has 3 aromatic carbocycles. The number of benzene rings is 3. The maximum atomic E-state index is 12.4. The maximum Gasteiger partial charge on any atom is 0.319 e. The van der Waals surface area contributed by atoms with E-state index in [-0.39, 0.29) is 11.2 Å². The number of rotatable bonds is 18. The van der Waals surface area contributed by atoms with Gasteiger partial charge in [-0.25, -0.2) is 0 Å². The number of thioether (sulfide) groups is 2. The summed E-state index contributed by atoms with van der Waals surface area (Å²) in [5, 5.41) is -0.253. The summed E-state index contributed by atoms with van der Waals surface area (Å²) in [6.45, 7) is 4.50. The molecule has 0 fully saturated rings. The van der Waals surface area contributed by atoms with Crippen LogP contribution >= 0.6 is 23.5 Å². The third-order valence-electron chi connectivity index (χ3n) is 6.68. The van der Waals surface area contributed by atoms with Crippen LogP contribution in [0.5, 0.6) is 0 Å². The number of hydrogen-bond acceptors (Lipinski definition) is 4. The van der Waals surface area contributed by atoms with Gasteiger partial charge in [-0.05, 0) is 60.1 Å². The molecule has 0 saturated heterocycles. The molecule has 0 N–H and O–H groups in total. The van der Waals surface area contributed by atoms with Gasteiger partial charge in [-0.3, -0.25) is 4.79 Å². The van der Waals surface area contributed by atoms with E-state index in [4.69, 9.17) is 4.74 Å². The normalized spacial score (nSPS) is 11.8. The minimum atomic E-state index is -0.253. The lowest BCUT2D eigenvalue weighted by Crippen LogP contribution is -2.16. The summed E-state index contributed by atoms with van der Waals surface area (Å²) in [6, 6.07) is 27.2. The Kier molecular flexibility index (Phi) is 14.5.